The van der Waals surface area contributed by atoms with Gasteiger partial charge in [0.15, 0.2) is 0 Å². The van der Waals surface area contributed by atoms with Gasteiger partial charge in [0, 0.05) is 44.5 Å². The maximum Gasteiger partial charge on any atom is 0.458 e. The fraction of sp³-hybridized carbons (Fsp3) is 0.375. The van der Waals surface area contributed by atoms with Gasteiger partial charge in [0.25, 0.3) is 0 Å². The second-order valence-corrected chi connectivity index (χ2v) is 24.6. The summed E-state index contributed by atoms with van der Waals surface area (Å²) in [7, 11) is 4.55. The molecule has 0 atom stereocenters. The third-order valence-corrected chi connectivity index (χ3v) is 18.0. The summed E-state index contributed by atoms with van der Waals surface area (Å²) < 4.78 is 652. The summed E-state index contributed by atoms with van der Waals surface area (Å²) in [6.45, 7) is 0. The molecule has 582 valence electrons. The van der Waals surface area contributed by atoms with E-state index in [1.54, 1.807) is 4.90 Å². The van der Waals surface area contributed by atoms with Crippen molar-refractivity contribution in [2.45, 2.75) is 135 Å². The van der Waals surface area contributed by atoms with Crippen LogP contribution in [-0.4, -0.2) is 75.7 Å². The predicted molar refractivity (Wildman–Crippen MR) is 299 cm³/mol. The zero-order chi connectivity index (χ0) is 80.9. The van der Waals surface area contributed by atoms with Crippen molar-refractivity contribution < 1.29 is 181 Å². The largest absolute Gasteiger partial charge is 0.458 e. The van der Waals surface area contributed by atoms with Crippen LogP contribution in [-0.2, 0) is 47.4 Å². The van der Waals surface area contributed by atoms with Gasteiger partial charge in [0.05, 0.1) is 20.1 Å². The van der Waals surface area contributed by atoms with Gasteiger partial charge in [0.2, 0.25) is 0 Å². The minimum atomic E-state index is -9.45. The molecule has 1 fully saturated rings. The Balaban J connectivity index is 0.00000146. The first-order valence-electron chi connectivity index (χ1n) is 29.4. The molecule has 0 aliphatic heterocycles. The van der Waals surface area contributed by atoms with E-state index in [-0.39, 0.29) is 48.5 Å². The molecular weight excluding hydrogens is 1550 g/mol. The molecule has 0 spiro atoms. The first-order chi connectivity index (χ1) is 47.6. The molecule has 0 aromatic heterocycles. The van der Waals surface area contributed by atoms with Crippen molar-refractivity contribution in [2.24, 2.45) is 0 Å². The average molecular weight is 1590 g/mol. The molecule has 1 nitrogen and oxygen atoms in total. The van der Waals surface area contributed by atoms with Gasteiger partial charge in [-0.2, -0.15) is 197 Å². The summed E-state index contributed by atoms with van der Waals surface area (Å²) in [5.74, 6) is -67.3. The molecule has 9 rings (SSSR count). The van der Waals surface area contributed by atoms with Crippen LogP contribution in [0.15, 0.2) is 121 Å². The number of benzene rings is 8. The zero-order valence-corrected chi connectivity index (χ0v) is 51.9. The second-order valence-electron chi connectivity index (χ2n) is 24.6. The first-order valence-corrected chi connectivity index (χ1v) is 29.4. The minimum Gasteiger partial charge on any atom is -0.337 e. The highest BCUT2D eigenvalue weighted by Crippen LogP contribution is 2.61. The maximum absolute atomic E-state index is 17.9. The predicted octanol–water partition coefficient (Wildman–Crippen LogP) is 21.4. The normalized spacial score (nSPS) is 15.7. The van der Waals surface area contributed by atoms with E-state index in [2.05, 4.69) is 14.1 Å². The summed E-state index contributed by atoms with van der Waals surface area (Å²) in [5.41, 5.74) is -58.3. The van der Waals surface area contributed by atoms with Crippen LogP contribution in [0.3, 0.4) is 0 Å². The zero-order valence-electron chi connectivity index (χ0n) is 51.9. The highest BCUT2D eigenvalue weighted by molar-refractivity contribution is 7.24. The van der Waals surface area contributed by atoms with Gasteiger partial charge in [-0.05, 0) is 71.5 Å². The highest BCUT2D eigenvalue weighted by atomic mass is 19.5. The number of quaternary nitrogens is 1. The van der Waals surface area contributed by atoms with Gasteiger partial charge < -0.3 is 4.90 Å². The van der Waals surface area contributed by atoms with E-state index in [1.807, 2.05) is 0 Å². The van der Waals surface area contributed by atoms with E-state index in [9.17, 15) is 0 Å². The van der Waals surface area contributed by atoms with Gasteiger partial charge in [-0.15, -0.1) is 0 Å². The van der Waals surface area contributed by atoms with E-state index >= 15 is 176 Å². The Kier molecular flexibility index (Phi) is 20.6. The third kappa shape index (κ3) is 13.2. The van der Waals surface area contributed by atoms with Crippen molar-refractivity contribution >= 4 is 71.1 Å². The SMILES string of the molecule is C[NH+](C)C1CCCCC1.FC(F)(F)C(F)(F)c1cc2ccccc2c([B-](c2c(C(F)(F)C(F)(F)F)c(C(F)(F)C(F)(F)F)cc3ccccc23)(c2c(C(F)(F)C(F)(F)F)c(C(F)(F)C(F)(F)F)cc3ccccc23)c2c(C(F)(F)C(F)(F)F)c(C(F)(F)C(F)(F)F)cc3ccccc23)c1C(F)(F)C(F)(F)F. The lowest BCUT2D eigenvalue weighted by molar-refractivity contribution is -0.887. The Labute approximate surface area is 565 Å². The van der Waals surface area contributed by atoms with Crippen LogP contribution in [0.4, 0.5) is 176 Å². The number of alkyl halides is 40. The molecule has 0 radical (unpaired) electrons. The fourth-order valence-electron chi connectivity index (χ4n) is 13.4. The molecule has 8 aromatic carbocycles. The van der Waals surface area contributed by atoms with Crippen LogP contribution in [0.2, 0.25) is 0 Å². The van der Waals surface area contributed by atoms with Crippen molar-refractivity contribution in [2.75, 3.05) is 14.1 Å². The Morgan fingerprint density at radius 2 is 0.415 bits per heavy atom. The number of halogens is 40. The number of rotatable bonds is 13. The molecule has 8 aromatic rings. The smallest absolute Gasteiger partial charge is 0.337 e. The van der Waals surface area contributed by atoms with Crippen LogP contribution in [0.5, 0.6) is 0 Å². The van der Waals surface area contributed by atoms with Crippen molar-refractivity contribution in [1.82, 2.24) is 0 Å². The van der Waals surface area contributed by atoms with Crippen molar-refractivity contribution in [3.63, 3.8) is 0 Å². The molecule has 106 heavy (non-hydrogen) atoms. The fourth-order valence-corrected chi connectivity index (χ4v) is 13.4. The third-order valence-electron chi connectivity index (χ3n) is 18.0. The molecular formula is C64H38BF40N. The van der Waals surface area contributed by atoms with Crippen LogP contribution in [0.1, 0.15) is 76.6 Å². The van der Waals surface area contributed by atoms with E-state index in [0.717, 1.165) is 6.04 Å². The van der Waals surface area contributed by atoms with Crippen LogP contribution < -0.4 is 26.8 Å². The topological polar surface area (TPSA) is 4.44 Å². The van der Waals surface area contributed by atoms with Crippen LogP contribution >= 0.6 is 0 Å². The number of hydrogen-bond donors (Lipinski definition) is 1. The Morgan fingerprint density at radius 1 is 0.245 bits per heavy atom. The van der Waals surface area contributed by atoms with Gasteiger partial charge in [-0.25, -0.2) is 0 Å². The quantitative estimate of drug-likeness (QED) is 0.0867. The Hall–Kier alpha value is -7.98. The number of hydrogen-bond acceptors (Lipinski definition) is 0. The molecule has 1 saturated carbocycles. The minimum absolute atomic E-state index is 0.0622. The maximum atomic E-state index is 17.9. The van der Waals surface area contributed by atoms with E-state index in [4.69, 9.17) is 0 Å². The number of fused-ring (bicyclic) bond motifs is 4. The van der Waals surface area contributed by atoms with Crippen LogP contribution in [0.25, 0.3) is 43.1 Å². The summed E-state index contributed by atoms with van der Waals surface area (Å²) in [6.07, 6.45) is -69.3. The van der Waals surface area contributed by atoms with Crippen molar-refractivity contribution in [3.05, 3.63) is 166 Å². The molecule has 42 heteroatoms. The summed E-state index contributed by atoms with van der Waals surface area (Å²) >= 11 is 0. The van der Waals surface area contributed by atoms with Crippen molar-refractivity contribution in [3.8, 4) is 0 Å². The Morgan fingerprint density at radius 3 is 0.566 bits per heavy atom. The highest BCUT2D eigenvalue weighted by Gasteiger charge is 2.74. The van der Waals surface area contributed by atoms with Gasteiger partial charge in [-0.1, -0.05) is 125 Å². The molecule has 0 unspecified atom stereocenters. The second kappa shape index (κ2) is 26.1. The monoisotopic (exact) mass is 1590 g/mol. The molecule has 1 aliphatic rings. The number of nitrogens with one attached hydrogen (secondary N) is 1. The molecule has 1 N–H and O–H groups in total. The van der Waals surface area contributed by atoms with E-state index in [1.165, 1.54) is 32.1 Å². The summed E-state index contributed by atoms with van der Waals surface area (Å²) in [6, 6.07) is -11.9. The van der Waals surface area contributed by atoms with E-state index in [0.29, 0.717) is 0 Å². The Bertz CT molecular complexity index is 4060. The van der Waals surface area contributed by atoms with Gasteiger partial charge >= 0.3 is 96.8 Å². The van der Waals surface area contributed by atoms with Crippen molar-refractivity contribution in [1.29, 1.82) is 0 Å². The molecule has 0 bridgehead atoms. The standard InChI is InChI=1S/C56H20BF40.C8H17N/c58-41(59,49(74,75)76)29-17-21-9-1-5-13-25(21)37(33(29)45(66,67)53(86,87)88)57(38-26-14-6-2-10-22(26)18-30(42(60,61)50(77,78)79)34(38)46(68,69)54(89,90)91,39-27-15-7-3-11-23(27)19-31(43(62,63)51(80,81)82)35(39)47(70,71)55(92,93)94)40-28-16-8-4-12-24(28)20-32(44(64,65)52(83,84)85)36(40)48(72,73)56(95,96)97;1-9(2)8-6-4-3-5-7-8/h1-20H;8H,3-7H2,1-2H3/q-1;/p+1. The lowest BCUT2D eigenvalue weighted by Gasteiger charge is -2.54. The molecule has 0 heterocycles. The molecule has 1 aliphatic carbocycles. The lowest BCUT2D eigenvalue weighted by Crippen LogP contribution is -3.10. The van der Waals surface area contributed by atoms with Gasteiger partial charge in [-0.3, -0.25) is 0 Å². The van der Waals surface area contributed by atoms with Gasteiger partial charge in [0.1, 0.15) is 6.15 Å². The molecule has 0 saturated heterocycles. The van der Waals surface area contributed by atoms with E-state index < -0.39 is 285 Å². The first kappa shape index (κ1) is 83.7. The summed E-state index contributed by atoms with van der Waals surface area (Å²) in [4.78, 5) is 1.65. The summed E-state index contributed by atoms with van der Waals surface area (Å²) in [5, 5.41) is -22.9. The average Bonchev–Trinajstić information content (AvgIpc) is 0.652. The molecule has 0 amide bonds. The lowest BCUT2D eigenvalue weighted by atomic mass is 9.09. The van der Waals surface area contributed by atoms with Crippen LogP contribution in [0, 0.1) is 0 Å².